The zero-order valence-corrected chi connectivity index (χ0v) is 12.6. The molecule has 6 heteroatoms. The van der Waals surface area contributed by atoms with Crippen LogP contribution in [0.5, 0.6) is 0 Å². The van der Waals surface area contributed by atoms with Crippen molar-refractivity contribution in [3.8, 4) is 0 Å². The highest BCUT2D eigenvalue weighted by Crippen LogP contribution is 2.65. The van der Waals surface area contributed by atoms with Gasteiger partial charge in [-0.25, -0.2) is 8.78 Å². The Kier molecular flexibility index (Phi) is 2.90. The molecule has 1 aromatic rings. The molecule has 0 radical (unpaired) electrons. The van der Waals surface area contributed by atoms with Crippen LogP contribution in [0.3, 0.4) is 0 Å². The maximum Gasteiger partial charge on any atom is 0.313 e. The Labute approximate surface area is 126 Å². The highest BCUT2D eigenvalue weighted by atomic mass is 19.1. The van der Waals surface area contributed by atoms with Crippen LogP contribution in [-0.2, 0) is 14.3 Å². The van der Waals surface area contributed by atoms with E-state index in [1.807, 2.05) is 0 Å². The van der Waals surface area contributed by atoms with Crippen molar-refractivity contribution < 1.29 is 23.1 Å². The SMILES string of the molecule is CC1(C)[C@@]2(C)CC[C@@]1(C(=O)Nc1cc(F)ccc1F)OC2=O. The number of ether oxygens (including phenoxy) is 1. The number of carbonyl (C=O) groups is 2. The molecule has 2 bridgehead atoms. The first kappa shape index (κ1) is 14.9. The minimum Gasteiger partial charge on any atom is -0.448 e. The molecule has 22 heavy (non-hydrogen) atoms. The quantitative estimate of drug-likeness (QED) is 0.854. The number of nitrogens with one attached hydrogen (secondary N) is 1. The predicted molar refractivity (Wildman–Crippen MR) is 74.9 cm³/mol. The average Bonchev–Trinajstić information content (AvgIpc) is 2.73. The smallest absolute Gasteiger partial charge is 0.313 e. The lowest BCUT2D eigenvalue weighted by molar-refractivity contribution is -0.165. The first-order valence-electron chi connectivity index (χ1n) is 7.14. The summed E-state index contributed by atoms with van der Waals surface area (Å²) in [6, 6.07) is 2.81. The summed E-state index contributed by atoms with van der Waals surface area (Å²) < 4.78 is 32.3. The molecule has 4 nitrogen and oxygen atoms in total. The summed E-state index contributed by atoms with van der Waals surface area (Å²) in [6.07, 6.45) is 0.892. The number of carbonyl (C=O) groups excluding carboxylic acids is 2. The molecule has 1 saturated heterocycles. The van der Waals surface area contributed by atoms with E-state index in [1.165, 1.54) is 0 Å². The largest absolute Gasteiger partial charge is 0.448 e. The second-order valence-corrected chi connectivity index (χ2v) is 6.75. The second kappa shape index (κ2) is 4.27. The fraction of sp³-hybridized carbons (Fsp3) is 0.500. The minimum atomic E-state index is -1.35. The standard InChI is InChI=1S/C16H17F2NO3/c1-14(2)15(3)6-7-16(14,22-13(15)21)12(20)19-11-8-9(17)4-5-10(11)18/h4-5,8H,6-7H2,1-3H3,(H,19,20)/t15-,16-/m0/s1. The molecular formula is C16H17F2NO3. The summed E-state index contributed by atoms with van der Waals surface area (Å²) in [4.78, 5) is 24.8. The fourth-order valence-corrected chi connectivity index (χ4v) is 3.56. The van der Waals surface area contributed by atoms with Crippen molar-refractivity contribution in [1.29, 1.82) is 0 Å². The van der Waals surface area contributed by atoms with Gasteiger partial charge >= 0.3 is 5.97 Å². The average molecular weight is 309 g/mol. The molecule has 2 aliphatic rings. The molecule has 0 aromatic heterocycles. The lowest BCUT2D eigenvalue weighted by Crippen LogP contribution is -2.50. The highest BCUT2D eigenvalue weighted by molar-refractivity contribution is 6.03. The summed E-state index contributed by atoms with van der Waals surface area (Å²) in [7, 11) is 0. The van der Waals surface area contributed by atoms with Crippen LogP contribution in [0.15, 0.2) is 18.2 Å². The van der Waals surface area contributed by atoms with Gasteiger partial charge in [0.25, 0.3) is 5.91 Å². The fourth-order valence-electron chi connectivity index (χ4n) is 3.56. The van der Waals surface area contributed by atoms with Gasteiger partial charge in [0.1, 0.15) is 11.6 Å². The number of hydrogen-bond acceptors (Lipinski definition) is 3. The first-order chi connectivity index (χ1) is 10.1. The summed E-state index contributed by atoms with van der Waals surface area (Å²) in [5, 5.41) is 2.37. The molecule has 2 fully saturated rings. The molecule has 1 aliphatic heterocycles. The maximum absolute atomic E-state index is 13.7. The molecule has 1 N–H and O–H groups in total. The molecule has 2 atom stereocenters. The Bertz CT molecular complexity index is 688. The summed E-state index contributed by atoms with van der Waals surface area (Å²) >= 11 is 0. The van der Waals surface area contributed by atoms with Crippen molar-refractivity contribution in [2.45, 2.75) is 39.2 Å². The number of rotatable bonds is 2. The monoisotopic (exact) mass is 309 g/mol. The third-order valence-electron chi connectivity index (χ3n) is 5.63. The first-order valence-corrected chi connectivity index (χ1v) is 7.14. The van der Waals surface area contributed by atoms with E-state index in [4.69, 9.17) is 4.74 Å². The number of halogens is 2. The molecular weight excluding hydrogens is 292 g/mol. The zero-order valence-electron chi connectivity index (χ0n) is 12.6. The third-order valence-corrected chi connectivity index (χ3v) is 5.63. The van der Waals surface area contributed by atoms with E-state index >= 15 is 0 Å². The van der Waals surface area contributed by atoms with E-state index in [0.717, 1.165) is 18.2 Å². The summed E-state index contributed by atoms with van der Waals surface area (Å²) in [6.45, 7) is 5.37. The van der Waals surface area contributed by atoms with Crippen LogP contribution in [0, 0.1) is 22.5 Å². The normalized spacial score (nSPS) is 32.0. The zero-order chi connectivity index (χ0) is 16.3. The van der Waals surface area contributed by atoms with Crippen molar-refractivity contribution in [2.24, 2.45) is 10.8 Å². The van der Waals surface area contributed by atoms with Crippen molar-refractivity contribution in [3.05, 3.63) is 29.8 Å². The topological polar surface area (TPSA) is 55.4 Å². The Morgan fingerprint density at radius 2 is 1.91 bits per heavy atom. The summed E-state index contributed by atoms with van der Waals surface area (Å²) in [5.74, 6) is -2.43. The third kappa shape index (κ3) is 1.61. The van der Waals surface area contributed by atoms with Crippen molar-refractivity contribution in [3.63, 3.8) is 0 Å². The van der Waals surface area contributed by atoms with Crippen LogP contribution >= 0.6 is 0 Å². The van der Waals surface area contributed by atoms with E-state index in [9.17, 15) is 18.4 Å². The van der Waals surface area contributed by atoms with Crippen LogP contribution in [0.1, 0.15) is 33.6 Å². The van der Waals surface area contributed by atoms with Crippen LogP contribution < -0.4 is 5.32 Å². The number of esters is 1. The molecule has 0 unspecified atom stereocenters. The van der Waals surface area contributed by atoms with E-state index in [1.54, 1.807) is 20.8 Å². The van der Waals surface area contributed by atoms with Gasteiger partial charge < -0.3 is 10.1 Å². The van der Waals surface area contributed by atoms with Crippen molar-refractivity contribution >= 4 is 17.6 Å². The lowest BCUT2D eigenvalue weighted by atomic mass is 9.66. The van der Waals surface area contributed by atoms with Gasteiger partial charge in [-0.1, -0.05) is 13.8 Å². The van der Waals surface area contributed by atoms with Crippen LogP contribution in [0.2, 0.25) is 0 Å². The Morgan fingerprint density at radius 1 is 1.23 bits per heavy atom. The van der Waals surface area contributed by atoms with Gasteiger partial charge in [0.2, 0.25) is 0 Å². The number of fused-ring (bicyclic) bond motifs is 2. The molecule has 3 rings (SSSR count). The molecule has 1 aliphatic carbocycles. The number of amides is 1. The van der Waals surface area contributed by atoms with E-state index in [2.05, 4.69) is 5.32 Å². The van der Waals surface area contributed by atoms with Gasteiger partial charge in [-0.05, 0) is 31.9 Å². The van der Waals surface area contributed by atoms with E-state index in [-0.39, 0.29) is 5.69 Å². The van der Waals surface area contributed by atoms with Crippen molar-refractivity contribution in [1.82, 2.24) is 0 Å². The van der Waals surface area contributed by atoms with Gasteiger partial charge in [-0.3, -0.25) is 9.59 Å². The van der Waals surface area contributed by atoms with Gasteiger partial charge in [0, 0.05) is 11.5 Å². The van der Waals surface area contributed by atoms with E-state index < -0.39 is 39.9 Å². The van der Waals surface area contributed by atoms with Gasteiger partial charge in [-0.2, -0.15) is 0 Å². The second-order valence-electron chi connectivity index (χ2n) is 6.75. The molecule has 1 saturated carbocycles. The molecule has 1 heterocycles. The summed E-state index contributed by atoms with van der Waals surface area (Å²) in [5.41, 5.74) is -3.08. The number of anilines is 1. The predicted octanol–water partition coefficient (Wildman–Crippen LogP) is 3.03. The Morgan fingerprint density at radius 3 is 2.45 bits per heavy atom. The lowest BCUT2D eigenvalue weighted by Gasteiger charge is -2.35. The van der Waals surface area contributed by atoms with Gasteiger partial charge in [0.05, 0.1) is 11.1 Å². The van der Waals surface area contributed by atoms with Gasteiger partial charge in [-0.15, -0.1) is 0 Å². The van der Waals surface area contributed by atoms with Gasteiger partial charge in [0.15, 0.2) is 5.60 Å². The molecule has 118 valence electrons. The maximum atomic E-state index is 13.7. The minimum absolute atomic E-state index is 0.258. The van der Waals surface area contributed by atoms with Crippen LogP contribution in [0.25, 0.3) is 0 Å². The number of hydrogen-bond donors (Lipinski definition) is 1. The number of benzene rings is 1. The van der Waals surface area contributed by atoms with Crippen molar-refractivity contribution in [2.75, 3.05) is 5.32 Å². The highest BCUT2D eigenvalue weighted by Gasteiger charge is 2.75. The Hall–Kier alpha value is -1.98. The van der Waals surface area contributed by atoms with Crippen LogP contribution in [-0.4, -0.2) is 17.5 Å². The van der Waals surface area contributed by atoms with E-state index in [0.29, 0.717) is 12.8 Å². The molecule has 0 spiro atoms. The van der Waals surface area contributed by atoms with Crippen LogP contribution in [0.4, 0.5) is 14.5 Å². The molecule has 1 amide bonds. The molecule has 1 aromatic carbocycles. The Balaban J connectivity index is 1.96.